The molecule has 3 fully saturated rings. The van der Waals surface area contributed by atoms with Gasteiger partial charge in [-0.15, -0.1) is 0 Å². The van der Waals surface area contributed by atoms with Crippen molar-refractivity contribution in [3.05, 3.63) is 29.3 Å². The second-order valence-corrected chi connectivity index (χ2v) is 12.3. The minimum absolute atomic E-state index is 0.0291. The lowest BCUT2D eigenvalue weighted by atomic mass is 9.52. The van der Waals surface area contributed by atoms with Gasteiger partial charge in [0.25, 0.3) is 0 Å². The Bertz CT molecular complexity index is 967. The van der Waals surface area contributed by atoms with E-state index in [9.17, 15) is 9.36 Å². The van der Waals surface area contributed by atoms with E-state index >= 15 is 0 Å². The van der Waals surface area contributed by atoms with Crippen molar-refractivity contribution in [3.63, 3.8) is 0 Å². The average molecular weight is 448 g/mol. The van der Waals surface area contributed by atoms with E-state index in [0.29, 0.717) is 17.8 Å². The highest BCUT2D eigenvalue weighted by Crippen LogP contribution is 2.67. The second kappa shape index (κ2) is 6.82. The van der Waals surface area contributed by atoms with Gasteiger partial charge in [-0.25, -0.2) is 4.57 Å². The van der Waals surface area contributed by atoms with Gasteiger partial charge in [-0.05, 0) is 106 Å². The lowest BCUT2D eigenvalue weighted by Crippen LogP contribution is -2.56. The Kier molecular flexibility index (Phi) is 4.73. The molecular formula is C24H33O6P. The average Bonchev–Trinajstić information content (AvgIpc) is 2.96. The zero-order valence-corrected chi connectivity index (χ0v) is 19.5. The number of hydrogen-bond acceptors (Lipinski definition) is 4. The number of carbonyl (C=O) groups is 1. The van der Waals surface area contributed by atoms with Gasteiger partial charge in [0.2, 0.25) is 0 Å². The number of rotatable bonds is 2. The van der Waals surface area contributed by atoms with Crippen molar-refractivity contribution in [2.24, 2.45) is 22.7 Å². The maximum Gasteiger partial charge on any atom is 0.524 e. The lowest BCUT2D eigenvalue weighted by Gasteiger charge is -2.56. The summed E-state index contributed by atoms with van der Waals surface area (Å²) in [5, 5.41) is 0. The molecule has 4 aliphatic rings. The molecule has 170 valence electrons. The van der Waals surface area contributed by atoms with Crippen molar-refractivity contribution in [3.8, 4) is 5.75 Å². The Hall–Kier alpha value is -1.36. The van der Waals surface area contributed by atoms with Gasteiger partial charge in [0.05, 0.1) is 5.41 Å². The first-order chi connectivity index (χ1) is 14.4. The van der Waals surface area contributed by atoms with Crippen molar-refractivity contribution >= 4 is 13.8 Å². The number of phosphoric acid groups is 1. The lowest BCUT2D eigenvalue weighted by molar-refractivity contribution is -0.206. The third-order valence-corrected chi connectivity index (χ3v) is 9.66. The van der Waals surface area contributed by atoms with Gasteiger partial charge in [0, 0.05) is 5.41 Å². The Labute approximate surface area is 184 Å². The molecule has 0 unspecified atom stereocenters. The van der Waals surface area contributed by atoms with Crippen LogP contribution in [0.4, 0.5) is 0 Å². The van der Waals surface area contributed by atoms with Crippen LogP contribution in [0, 0.1) is 22.7 Å². The van der Waals surface area contributed by atoms with Crippen LogP contribution in [0.5, 0.6) is 5.75 Å². The fraction of sp³-hybridized carbons (Fsp3) is 0.708. The largest absolute Gasteiger partial charge is 0.524 e. The van der Waals surface area contributed by atoms with E-state index < -0.39 is 7.82 Å². The molecule has 0 radical (unpaired) electrons. The monoisotopic (exact) mass is 448 g/mol. The van der Waals surface area contributed by atoms with Crippen molar-refractivity contribution in [2.75, 3.05) is 0 Å². The van der Waals surface area contributed by atoms with E-state index in [0.717, 1.165) is 56.9 Å². The number of phosphoric ester groups is 1. The molecule has 0 amide bonds. The molecule has 2 saturated carbocycles. The Morgan fingerprint density at radius 1 is 1.06 bits per heavy atom. The molecule has 0 bridgehead atoms. The van der Waals surface area contributed by atoms with Crippen LogP contribution in [0.3, 0.4) is 0 Å². The van der Waals surface area contributed by atoms with Gasteiger partial charge in [0.15, 0.2) is 0 Å². The molecule has 3 aliphatic carbocycles. The van der Waals surface area contributed by atoms with Gasteiger partial charge in [-0.2, -0.15) is 0 Å². The molecule has 1 heterocycles. The number of aryl methyl sites for hydroxylation is 1. The molecule has 0 aromatic heterocycles. The molecule has 31 heavy (non-hydrogen) atoms. The molecular weight excluding hydrogens is 415 g/mol. The SMILES string of the molecule is CC1(C)CC[C@@]2(CC[C@H]3[C@@H]4CCc5cc(OP(=O)(O)O)ccc5[C@H]4CC[C@@]32C)OC1=O. The summed E-state index contributed by atoms with van der Waals surface area (Å²) in [5.74, 6) is 1.76. The second-order valence-electron chi connectivity index (χ2n) is 11.1. The van der Waals surface area contributed by atoms with Crippen LogP contribution in [-0.2, 0) is 20.5 Å². The Morgan fingerprint density at radius 2 is 1.84 bits per heavy atom. The molecule has 1 aliphatic heterocycles. The number of ether oxygens (including phenoxy) is 1. The van der Waals surface area contributed by atoms with Crippen molar-refractivity contribution in [1.29, 1.82) is 0 Å². The highest BCUT2D eigenvalue weighted by atomic mass is 31.2. The van der Waals surface area contributed by atoms with Crippen LogP contribution in [0.2, 0.25) is 0 Å². The summed E-state index contributed by atoms with van der Waals surface area (Å²) in [5.41, 5.74) is 1.79. The van der Waals surface area contributed by atoms with Crippen LogP contribution in [0.15, 0.2) is 18.2 Å². The zero-order valence-electron chi connectivity index (χ0n) is 18.6. The molecule has 5 rings (SSSR count). The number of benzene rings is 1. The summed E-state index contributed by atoms with van der Waals surface area (Å²) in [6.07, 6.45) is 8.01. The Balaban J connectivity index is 1.41. The van der Waals surface area contributed by atoms with E-state index in [1.807, 2.05) is 19.9 Å². The summed E-state index contributed by atoms with van der Waals surface area (Å²) in [4.78, 5) is 31.0. The van der Waals surface area contributed by atoms with Crippen LogP contribution in [-0.4, -0.2) is 21.4 Å². The molecule has 1 aromatic carbocycles. The minimum atomic E-state index is -4.55. The summed E-state index contributed by atoms with van der Waals surface area (Å²) >= 11 is 0. The number of esters is 1. The van der Waals surface area contributed by atoms with Gasteiger partial charge in [-0.1, -0.05) is 13.0 Å². The minimum Gasteiger partial charge on any atom is -0.458 e. The fourth-order valence-corrected chi connectivity index (χ4v) is 7.79. The normalized spacial score (nSPS) is 38.7. The highest BCUT2D eigenvalue weighted by molar-refractivity contribution is 7.46. The van der Waals surface area contributed by atoms with Crippen molar-refractivity contribution in [1.82, 2.24) is 0 Å². The predicted molar refractivity (Wildman–Crippen MR) is 116 cm³/mol. The fourth-order valence-electron chi connectivity index (χ4n) is 7.41. The molecule has 1 saturated heterocycles. The summed E-state index contributed by atoms with van der Waals surface area (Å²) in [7, 11) is -4.55. The van der Waals surface area contributed by atoms with Gasteiger partial charge in [0.1, 0.15) is 11.4 Å². The van der Waals surface area contributed by atoms with E-state index in [1.54, 1.807) is 12.1 Å². The molecule has 2 N–H and O–H groups in total. The van der Waals surface area contributed by atoms with Crippen LogP contribution in [0.25, 0.3) is 0 Å². The molecule has 1 spiro atoms. The molecule has 7 heteroatoms. The third-order valence-electron chi connectivity index (χ3n) is 9.21. The number of fused-ring (bicyclic) bond motifs is 6. The van der Waals surface area contributed by atoms with E-state index in [1.165, 1.54) is 5.56 Å². The summed E-state index contributed by atoms with van der Waals surface area (Å²) in [6.45, 7) is 6.37. The highest BCUT2D eigenvalue weighted by Gasteiger charge is 2.65. The molecule has 1 aromatic rings. The third kappa shape index (κ3) is 3.29. The van der Waals surface area contributed by atoms with E-state index in [-0.39, 0.29) is 28.1 Å². The smallest absolute Gasteiger partial charge is 0.458 e. The van der Waals surface area contributed by atoms with Crippen LogP contribution >= 0.6 is 7.82 Å². The first-order valence-corrected chi connectivity index (χ1v) is 13.1. The standard InChI is InChI=1S/C24H33O6P/c1-22(2)12-13-24(29-21(22)25)11-9-20-19-6-4-15-14-16(30-31(26,27)28)5-7-17(15)18(19)8-10-23(20,24)3/h5,7,14,18-20H,4,6,8-13H2,1-3H3,(H2,26,27,28)/t18-,19-,20+,23+,24-/m1/s1. The Morgan fingerprint density at radius 3 is 2.55 bits per heavy atom. The predicted octanol–water partition coefficient (Wildman–Crippen LogP) is 5.12. The van der Waals surface area contributed by atoms with Crippen molar-refractivity contribution in [2.45, 2.75) is 83.7 Å². The van der Waals surface area contributed by atoms with Crippen LogP contribution in [0.1, 0.15) is 82.8 Å². The van der Waals surface area contributed by atoms with Crippen molar-refractivity contribution < 1.29 is 28.4 Å². The number of hydrogen-bond donors (Lipinski definition) is 2. The van der Waals surface area contributed by atoms with Gasteiger partial charge in [-0.3, -0.25) is 14.6 Å². The van der Waals surface area contributed by atoms with E-state index in [4.69, 9.17) is 19.0 Å². The van der Waals surface area contributed by atoms with Gasteiger partial charge >= 0.3 is 13.8 Å². The zero-order chi connectivity index (χ0) is 22.2. The van der Waals surface area contributed by atoms with Crippen LogP contribution < -0.4 is 4.52 Å². The molecule has 6 nitrogen and oxygen atoms in total. The topological polar surface area (TPSA) is 93.1 Å². The summed E-state index contributed by atoms with van der Waals surface area (Å²) < 4.78 is 22.3. The molecule has 5 atom stereocenters. The first kappa shape index (κ1) is 21.5. The maximum atomic E-state index is 12.8. The van der Waals surface area contributed by atoms with Gasteiger partial charge < -0.3 is 9.26 Å². The van der Waals surface area contributed by atoms with E-state index in [2.05, 4.69) is 6.92 Å². The first-order valence-electron chi connectivity index (χ1n) is 11.6. The quantitative estimate of drug-likeness (QED) is 0.482. The summed E-state index contributed by atoms with van der Waals surface area (Å²) in [6, 6.07) is 5.50. The maximum absolute atomic E-state index is 12.8. The number of carbonyl (C=O) groups excluding carboxylic acids is 1.